The van der Waals surface area contributed by atoms with Crippen LogP contribution >= 0.6 is 11.6 Å². The zero-order chi connectivity index (χ0) is 15.8. The molecule has 116 valence electrons. The van der Waals surface area contributed by atoms with E-state index >= 15 is 0 Å². The summed E-state index contributed by atoms with van der Waals surface area (Å²) >= 11 is 5.79. The van der Waals surface area contributed by atoms with E-state index in [0.29, 0.717) is 23.7 Å². The fourth-order valence-corrected chi connectivity index (χ4v) is 2.15. The minimum absolute atomic E-state index is 0.0116. The zero-order valence-corrected chi connectivity index (χ0v) is 13.4. The van der Waals surface area contributed by atoms with Gasteiger partial charge in [0.05, 0.1) is 12.5 Å². The quantitative estimate of drug-likeness (QED) is 0.706. The first-order chi connectivity index (χ1) is 9.92. The molecule has 21 heavy (non-hydrogen) atoms. The number of carbonyl (C=O) groups excluding carboxylic acids is 2. The summed E-state index contributed by atoms with van der Waals surface area (Å²) in [6.07, 6.45) is 0.340. The summed E-state index contributed by atoms with van der Waals surface area (Å²) in [5.74, 6) is -0.0911. The average molecular weight is 313 g/mol. The lowest BCUT2D eigenvalue weighted by Gasteiger charge is -2.16. The number of amides is 2. The monoisotopic (exact) mass is 312 g/mol. The Morgan fingerprint density at radius 1 is 1.24 bits per heavy atom. The Balaban J connectivity index is 2.40. The lowest BCUT2D eigenvalue weighted by atomic mass is 10.2. The second kappa shape index (κ2) is 8.64. The average Bonchev–Trinajstić information content (AvgIpc) is 2.41. The Hall–Kier alpha value is -1.59. The normalized spacial score (nSPS) is 13.3. The Labute approximate surface area is 130 Å². The number of nitrogens with one attached hydrogen (secondary N) is 2. The molecule has 5 nitrogen and oxygen atoms in total. The van der Waals surface area contributed by atoms with Gasteiger partial charge in [0, 0.05) is 17.3 Å². The van der Waals surface area contributed by atoms with Crippen LogP contribution in [-0.4, -0.2) is 30.4 Å². The lowest BCUT2D eigenvalue weighted by Crippen LogP contribution is -2.96. The molecule has 0 aromatic heterocycles. The summed E-state index contributed by atoms with van der Waals surface area (Å²) in [6.45, 7) is 6.26. The number of rotatable bonds is 7. The molecule has 6 heteroatoms. The molecular weight excluding hydrogens is 290 g/mol. The van der Waals surface area contributed by atoms with Gasteiger partial charge in [-0.05, 0) is 45.0 Å². The van der Waals surface area contributed by atoms with Gasteiger partial charge in [-0.15, -0.1) is 0 Å². The van der Waals surface area contributed by atoms with Crippen LogP contribution in [0.25, 0.3) is 0 Å². The van der Waals surface area contributed by atoms with Crippen LogP contribution in [0, 0.1) is 0 Å². The highest BCUT2D eigenvalue weighted by Gasteiger charge is 2.20. The van der Waals surface area contributed by atoms with E-state index in [9.17, 15) is 9.59 Å². The van der Waals surface area contributed by atoms with Gasteiger partial charge in [-0.1, -0.05) is 11.6 Å². The van der Waals surface area contributed by atoms with E-state index in [1.807, 2.05) is 26.1 Å². The molecule has 1 rings (SSSR count). The molecule has 0 aliphatic rings. The van der Waals surface area contributed by atoms with Gasteiger partial charge in [-0.2, -0.15) is 0 Å². The Bertz CT molecular complexity index is 476. The largest absolute Gasteiger partial charge is 0.351 e. The number of carbonyl (C=O) groups is 2. The molecule has 2 atom stereocenters. The molecule has 0 unspecified atom stereocenters. The molecule has 0 saturated heterocycles. The van der Waals surface area contributed by atoms with Crippen molar-refractivity contribution in [3.8, 4) is 0 Å². The topological polar surface area (TPSA) is 74.8 Å². The van der Waals surface area contributed by atoms with E-state index in [4.69, 9.17) is 11.6 Å². The highest BCUT2D eigenvalue weighted by molar-refractivity contribution is 6.30. The lowest BCUT2D eigenvalue weighted by molar-refractivity contribution is -0.702. The van der Waals surface area contributed by atoms with Crippen LogP contribution in [0.15, 0.2) is 24.3 Å². The van der Waals surface area contributed by atoms with E-state index in [1.165, 1.54) is 0 Å². The third-order valence-corrected chi connectivity index (χ3v) is 3.27. The second-order valence-corrected chi connectivity index (χ2v) is 5.55. The van der Waals surface area contributed by atoms with E-state index in [1.54, 1.807) is 24.3 Å². The molecule has 0 radical (unpaired) electrons. The summed E-state index contributed by atoms with van der Waals surface area (Å²) in [7, 11) is 0. The number of quaternary nitrogens is 1. The van der Waals surface area contributed by atoms with Gasteiger partial charge in [0.1, 0.15) is 0 Å². The van der Waals surface area contributed by atoms with Crippen molar-refractivity contribution in [1.82, 2.24) is 5.32 Å². The number of hydrogen-bond acceptors (Lipinski definition) is 2. The molecule has 0 saturated carbocycles. The van der Waals surface area contributed by atoms with Crippen LogP contribution in [0.5, 0.6) is 0 Å². The van der Waals surface area contributed by atoms with Crippen LogP contribution in [0.2, 0.25) is 5.02 Å². The molecule has 2 amide bonds. The summed E-state index contributed by atoms with van der Waals surface area (Å²) < 4.78 is 0. The molecular formula is C15H23ClN3O2+. The van der Waals surface area contributed by atoms with Crippen LogP contribution in [0.4, 0.5) is 5.69 Å². The van der Waals surface area contributed by atoms with Crippen molar-refractivity contribution in [3.05, 3.63) is 29.3 Å². The number of likely N-dealkylation sites (N-methyl/N-ethyl adjacent to an activating group) is 1. The predicted molar refractivity (Wildman–Crippen MR) is 84.2 cm³/mol. The van der Waals surface area contributed by atoms with Crippen molar-refractivity contribution in [1.29, 1.82) is 0 Å². The number of hydrogen-bond donors (Lipinski definition) is 3. The van der Waals surface area contributed by atoms with Crippen LogP contribution in [0.3, 0.4) is 0 Å². The summed E-state index contributed by atoms with van der Waals surface area (Å²) in [6, 6.07) is 6.78. The molecule has 1 aromatic carbocycles. The Morgan fingerprint density at radius 2 is 1.86 bits per heavy atom. The highest BCUT2D eigenvalue weighted by Crippen LogP contribution is 2.13. The first-order valence-corrected chi connectivity index (χ1v) is 7.48. The minimum atomic E-state index is -0.205. The van der Waals surface area contributed by atoms with Gasteiger partial charge in [-0.25, -0.2) is 0 Å². The third-order valence-electron chi connectivity index (χ3n) is 3.02. The molecule has 0 aliphatic carbocycles. The molecule has 0 spiro atoms. The first-order valence-electron chi connectivity index (χ1n) is 7.10. The fraction of sp³-hybridized carbons (Fsp3) is 0.467. The zero-order valence-electron chi connectivity index (χ0n) is 12.7. The van der Waals surface area contributed by atoms with Crippen molar-refractivity contribution >= 4 is 29.1 Å². The maximum Gasteiger partial charge on any atom is 0.277 e. The molecule has 0 bridgehead atoms. The number of nitrogens with two attached hydrogens (primary N) is 1. The second-order valence-electron chi connectivity index (χ2n) is 5.11. The van der Waals surface area contributed by atoms with E-state index < -0.39 is 0 Å². The van der Waals surface area contributed by atoms with Gasteiger partial charge in [0.2, 0.25) is 5.91 Å². The fourth-order valence-electron chi connectivity index (χ4n) is 2.02. The number of halogens is 1. The maximum atomic E-state index is 11.9. The molecule has 0 fully saturated rings. The van der Waals surface area contributed by atoms with Crippen LogP contribution < -0.4 is 16.0 Å². The molecule has 1 aromatic rings. The van der Waals surface area contributed by atoms with E-state index in [-0.39, 0.29) is 23.9 Å². The van der Waals surface area contributed by atoms with Crippen molar-refractivity contribution in [3.63, 3.8) is 0 Å². The van der Waals surface area contributed by atoms with Gasteiger partial charge in [0.25, 0.3) is 5.91 Å². The van der Waals surface area contributed by atoms with E-state index in [0.717, 1.165) is 0 Å². The molecule has 4 N–H and O–H groups in total. The van der Waals surface area contributed by atoms with Crippen molar-refractivity contribution in [2.24, 2.45) is 0 Å². The van der Waals surface area contributed by atoms with Gasteiger partial charge < -0.3 is 16.0 Å². The Kier molecular flexibility index (Phi) is 7.19. The maximum absolute atomic E-state index is 11.9. The molecule has 0 heterocycles. The van der Waals surface area contributed by atoms with Crippen LogP contribution in [0.1, 0.15) is 27.2 Å². The Morgan fingerprint density at radius 3 is 2.43 bits per heavy atom. The standard InChI is InChI=1S/C15H22ClN3O2/c1-4-17-15(21)11(3)18-10(2)9-14(20)19-13-7-5-12(16)6-8-13/h5-8,10-11,18H,4,9H2,1-3H3,(H,17,21)(H,19,20)/p+1/t10-,11+/m0/s1. The van der Waals surface area contributed by atoms with Gasteiger partial charge in [-0.3, -0.25) is 9.59 Å². The van der Waals surface area contributed by atoms with Gasteiger partial charge in [0.15, 0.2) is 6.04 Å². The van der Waals surface area contributed by atoms with Gasteiger partial charge >= 0.3 is 0 Å². The third kappa shape index (κ3) is 6.60. The van der Waals surface area contributed by atoms with Crippen molar-refractivity contribution in [2.45, 2.75) is 39.3 Å². The van der Waals surface area contributed by atoms with Crippen molar-refractivity contribution in [2.75, 3.05) is 11.9 Å². The highest BCUT2D eigenvalue weighted by atomic mass is 35.5. The number of benzene rings is 1. The van der Waals surface area contributed by atoms with Crippen molar-refractivity contribution < 1.29 is 14.9 Å². The summed E-state index contributed by atoms with van der Waals surface area (Å²) in [5, 5.41) is 8.10. The first kappa shape index (κ1) is 17.5. The molecule has 0 aliphatic heterocycles. The van der Waals surface area contributed by atoms with Crippen LogP contribution in [-0.2, 0) is 9.59 Å². The smallest absolute Gasteiger partial charge is 0.277 e. The SMILES string of the molecule is CCNC(=O)[C@@H](C)[NH2+][C@@H](C)CC(=O)Nc1ccc(Cl)cc1. The minimum Gasteiger partial charge on any atom is -0.351 e. The summed E-state index contributed by atoms with van der Waals surface area (Å²) in [4.78, 5) is 23.6. The van der Waals surface area contributed by atoms with E-state index in [2.05, 4.69) is 10.6 Å². The summed E-state index contributed by atoms with van der Waals surface area (Å²) in [5.41, 5.74) is 0.716. The predicted octanol–water partition coefficient (Wildman–Crippen LogP) is 1.15. The number of anilines is 1.